The third-order valence-corrected chi connectivity index (χ3v) is 2.71. The molecule has 16 heavy (non-hydrogen) atoms. The molecule has 1 aromatic heterocycles. The van der Waals surface area contributed by atoms with E-state index in [9.17, 15) is 4.79 Å². The molecule has 1 aromatic rings. The first-order valence-corrected chi connectivity index (χ1v) is 5.54. The Hall–Kier alpha value is -1.43. The van der Waals surface area contributed by atoms with Gasteiger partial charge in [-0.05, 0) is 19.8 Å². The van der Waals surface area contributed by atoms with Gasteiger partial charge < -0.3 is 10.6 Å². The third-order valence-electron chi connectivity index (χ3n) is 2.71. The maximum Gasteiger partial charge on any atom is 0.237 e. The van der Waals surface area contributed by atoms with E-state index in [0.717, 1.165) is 18.5 Å². The molecule has 2 N–H and O–H groups in total. The minimum Gasteiger partial charge on any atom is -0.352 e. The predicted octanol–water partition coefficient (Wildman–Crippen LogP) is -0.428. The molecule has 0 saturated heterocycles. The molecule has 1 atom stereocenters. The van der Waals surface area contributed by atoms with Gasteiger partial charge in [-0.2, -0.15) is 0 Å². The number of hydrogen-bond acceptors (Lipinski definition) is 4. The van der Waals surface area contributed by atoms with E-state index in [1.807, 2.05) is 14.0 Å². The summed E-state index contributed by atoms with van der Waals surface area (Å²) >= 11 is 0. The fourth-order valence-corrected chi connectivity index (χ4v) is 1.38. The molecule has 0 aromatic carbocycles. The van der Waals surface area contributed by atoms with Gasteiger partial charge in [-0.15, -0.1) is 5.10 Å². The zero-order chi connectivity index (χ0) is 11.5. The standard InChI is InChI=1S/C10H17N5O/c1-7(10(16)13-8-3-4-8)11-5-9-6-12-14-15(9)2/h6-8,11H,3-5H2,1-2H3,(H,13,16). The van der Waals surface area contributed by atoms with Gasteiger partial charge in [-0.1, -0.05) is 5.21 Å². The van der Waals surface area contributed by atoms with Crippen molar-refractivity contribution in [1.82, 2.24) is 25.6 Å². The zero-order valence-corrected chi connectivity index (χ0v) is 9.60. The van der Waals surface area contributed by atoms with Crippen LogP contribution in [0.15, 0.2) is 6.20 Å². The first-order chi connectivity index (χ1) is 7.66. The van der Waals surface area contributed by atoms with Crippen LogP contribution >= 0.6 is 0 Å². The van der Waals surface area contributed by atoms with Crippen molar-refractivity contribution in [1.29, 1.82) is 0 Å². The Kier molecular flexibility index (Phi) is 3.19. The van der Waals surface area contributed by atoms with Crippen LogP contribution in [0.2, 0.25) is 0 Å². The molecule has 1 heterocycles. The molecule has 1 saturated carbocycles. The molecular weight excluding hydrogens is 206 g/mol. The molecule has 0 radical (unpaired) electrons. The molecule has 0 spiro atoms. The molecule has 1 unspecified atom stereocenters. The van der Waals surface area contributed by atoms with Crippen molar-refractivity contribution in [3.8, 4) is 0 Å². The maximum atomic E-state index is 11.6. The molecule has 1 aliphatic carbocycles. The molecule has 1 fully saturated rings. The first-order valence-electron chi connectivity index (χ1n) is 5.54. The second-order valence-corrected chi connectivity index (χ2v) is 4.23. The first kappa shape index (κ1) is 11.1. The van der Waals surface area contributed by atoms with E-state index >= 15 is 0 Å². The maximum absolute atomic E-state index is 11.6. The lowest BCUT2D eigenvalue weighted by Crippen LogP contribution is -2.42. The SMILES string of the molecule is CC(NCc1cnnn1C)C(=O)NC1CC1. The van der Waals surface area contributed by atoms with Gasteiger partial charge in [0, 0.05) is 19.6 Å². The average molecular weight is 223 g/mol. The van der Waals surface area contributed by atoms with Crippen LogP contribution in [0.25, 0.3) is 0 Å². The Bertz CT molecular complexity index is 371. The van der Waals surface area contributed by atoms with Gasteiger partial charge >= 0.3 is 0 Å². The van der Waals surface area contributed by atoms with Gasteiger partial charge in [-0.3, -0.25) is 9.48 Å². The summed E-state index contributed by atoms with van der Waals surface area (Å²) in [4.78, 5) is 11.6. The van der Waals surface area contributed by atoms with E-state index in [0.29, 0.717) is 12.6 Å². The smallest absolute Gasteiger partial charge is 0.237 e. The van der Waals surface area contributed by atoms with E-state index in [1.54, 1.807) is 10.9 Å². The molecule has 1 amide bonds. The van der Waals surface area contributed by atoms with Crippen molar-refractivity contribution in [2.45, 2.75) is 38.4 Å². The number of nitrogens with zero attached hydrogens (tertiary/aromatic N) is 3. The topological polar surface area (TPSA) is 71.8 Å². The van der Waals surface area contributed by atoms with Gasteiger partial charge in [-0.25, -0.2) is 0 Å². The minimum atomic E-state index is -0.185. The number of aryl methyl sites for hydroxylation is 1. The summed E-state index contributed by atoms with van der Waals surface area (Å²) in [6, 6.07) is 0.227. The lowest BCUT2D eigenvalue weighted by atomic mass is 10.3. The molecule has 88 valence electrons. The van der Waals surface area contributed by atoms with Gasteiger partial charge in [0.1, 0.15) is 0 Å². The van der Waals surface area contributed by atoms with Gasteiger partial charge in [0.05, 0.1) is 17.9 Å². The second kappa shape index (κ2) is 4.61. The van der Waals surface area contributed by atoms with Crippen LogP contribution in [0.5, 0.6) is 0 Å². The van der Waals surface area contributed by atoms with Crippen molar-refractivity contribution >= 4 is 5.91 Å². The largest absolute Gasteiger partial charge is 0.352 e. The molecule has 1 aliphatic rings. The number of carbonyl (C=O) groups is 1. The monoisotopic (exact) mass is 223 g/mol. The van der Waals surface area contributed by atoms with Crippen LogP contribution in [0.1, 0.15) is 25.5 Å². The summed E-state index contributed by atoms with van der Waals surface area (Å²) in [7, 11) is 1.83. The molecule has 6 nitrogen and oxygen atoms in total. The summed E-state index contributed by atoms with van der Waals surface area (Å²) in [6.45, 7) is 2.46. The Morgan fingerprint density at radius 2 is 2.44 bits per heavy atom. The third kappa shape index (κ3) is 2.79. The Balaban J connectivity index is 1.76. The van der Waals surface area contributed by atoms with Crippen molar-refractivity contribution in [2.24, 2.45) is 7.05 Å². The number of amides is 1. The van der Waals surface area contributed by atoms with E-state index in [2.05, 4.69) is 20.9 Å². The quantitative estimate of drug-likeness (QED) is 0.710. The lowest BCUT2D eigenvalue weighted by molar-refractivity contribution is -0.122. The summed E-state index contributed by atoms with van der Waals surface area (Å²) < 4.78 is 1.69. The van der Waals surface area contributed by atoms with Crippen LogP contribution in [0.3, 0.4) is 0 Å². The van der Waals surface area contributed by atoms with Gasteiger partial charge in [0.25, 0.3) is 0 Å². The fraction of sp³-hybridized carbons (Fsp3) is 0.700. The molecule has 0 bridgehead atoms. The number of rotatable bonds is 5. The zero-order valence-electron chi connectivity index (χ0n) is 9.60. The van der Waals surface area contributed by atoms with E-state index < -0.39 is 0 Å². The minimum absolute atomic E-state index is 0.0672. The highest BCUT2D eigenvalue weighted by molar-refractivity contribution is 5.81. The van der Waals surface area contributed by atoms with E-state index in [-0.39, 0.29) is 11.9 Å². The summed E-state index contributed by atoms with van der Waals surface area (Å²) in [6.07, 6.45) is 3.92. The van der Waals surface area contributed by atoms with Crippen molar-refractivity contribution < 1.29 is 4.79 Å². The summed E-state index contributed by atoms with van der Waals surface area (Å²) in [5, 5.41) is 13.7. The van der Waals surface area contributed by atoms with Crippen molar-refractivity contribution in [2.75, 3.05) is 0 Å². The van der Waals surface area contributed by atoms with E-state index in [1.165, 1.54) is 0 Å². The summed E-state index contributed by atoms with van der Waals surface area (Å²) in [5.41, 5.74) is 0.964. The number of hydrogen-bond donors (Lipinski definition) is 2. The number of aromatic nitrogens is 3. The number of carbonyl (C=O) groups excluding carboxylic acids is 1. The average Bonchev–Trinajstić information content (AvgIpc) is 2.97. The summed E-state index contributed by atoms with van der Waals surface area (Å²) in [5.74, 6) is 0.0672. The Morgan fingerprint density at radius 3 is 3.00 bits per heavy atom. The predicted molar refractivity (Wildman–Crippen MR) is 58.5 cm³/mol. The van der Waals surface area contributed by atoms with Crippen LogP contribution in [-0.4, -0.2) is 33.0 Å². The highest BCUT2D eigenvalue weighted by atomic mass is 16.2. The fourth-order valence-electron chi connectivity index (χ4n) is 1.38. The molecule has 0 aliphatic heterocycles. The van der Waals surface area contributed by atoms with Crippen LogP contribution in [-0.2, 0) is 18.4 Å². The van der Waals surface area contributed by atoms with Crippen LogP contribution in [0, 0.1) is 0 Å². The van der Waals surface area contributed by atoms with E-state index in [4.69, 9.17) is 0 Å². The van der Waals surface area contributed by atoms with Gasteiger partial charge in [0.2, 0.25) is 5.91 Å². The molecule has 6 heteroatoms. The van der Waals surface area contributed by atoms with Gasteiger partial charge in [0.15, 0.2) is 0 Å². The van der Waals surface area contributed by atoms with Crippen LogP contribution in [0.4, 0.5) is 0 Å². The van der Waals surface area contributed by atoms with Crippen LogP contribution < -0.4 is 10.6 Å². The second-order valence-electron chi connectivity index (χ2n) is 4.23. The molecular formula is C10H17N5O. The number of nitrogens with one attached hydrogen (secondary N) is 2. The molecule has 2 rings (SSSR count). The normalized spacial score (nSPS) is 17.1. The Morgan fingerprint density at radius 1 is 1.69 bits per heavy atom. The highest BCUT2D eigenvalue weighted by Crippen LogP contribution is 2.18. The van der Waals surface area contributed by atoms with Crippen molar-refractivity contribution in [3.63, 3.8) is 0 Å². The highest BCUT2D eigenvalue weighted by Gasteiger charge is 2.25. The lowest BCUT2D eigenvalue weighted by Gasteiger charge is -2.13. The van der Waals surface area contributed by atoms with Crippen molar-refractivity contribution in [3.05, 3.63) is 11.9 Å². The Labute approximate surface area is 94.4 Å².